The molecule has 3 heterocycles. The van der Waals surface area contributed by atoms with Gasteiger partial charge in [0.05, 0.1) is 18.3 Å². The molecule has 0 radical (unpaired) electrons. The molecule has 2 aliphatic rings. The monoisotopic (exact) mass is 425 g/mol. The van der Waals surface area contributed by atoms with Gasteiger partial charge in [-0.15, -0.1) is 11.3 Å². The van der Waals surface area contributed by atoms with Crippen LogP contribution in [0.25, 0.3) is 10.2 Å². The number of carbonyl (C=O) groups excluding carboxylic acids is 1. The first-order valence-corrected chi connectivity index (χ1v) is 11.0. The highest BCUT2D eigenvalue weighted by atomic mass is 32.1. The molecule has 7 nitrogen and oxygen atoms in total. The zero-order valence-electron chi connectivity index (χ0n) is 16.7. The van der Waals surface area contributed by atoms with Crippen molar-refractivity contribution in [3.05, 3.63) is 51.4 Å². The van der Waals surface area contributed by atoms with E-state index in [1.165, 1.54) is 15.8 Å². The number of hydrogen-bond donors (Lipinski definition) is 1. The summed E-state index contributed by atoms with van der Waals surface area (Å²) in [7, 11) is 0. The van der Waals surface area contributed by atoms with Gasteiger partial charge in [-0.05, 0) is 42.9 Å². The van der Waals surface area contributed by atoms with Crippen molar-refractivity contribution in [2.24, 2.45) is 5.92 Å². The van der Waals surface area contributed by atoms with Crippen LogP contribution in [0.2, 0.25) is 0 Å². The van der Waals surface area contributed by atoms with Crippen molar-refractivity contribution in [1.29, 1.82) is 0 Å². The van der Waals surface area contributed by atoms with E-state index in [0.717, 1.165) is 29.7 Å². The molecule has 0 saturated carbocycles. The summed E-state index contributed by atoms with van der Waals surface area (Å²) in [5.41, 5.74) is 1.00. The topological polar surface area (TPSA) is 82.5 Å². The first-order chi connectivity index (χ1) is 14.6. The minimum absolute atomic E-state index is 0.0625. The second-order valence-corrected chi connectivity index (χ2v) is 9.09. The Balaban J connectivity index is 1.26. The average Bonchev–Trinajstić information content (AvgIpc) is 3.12. The number of thiophene rings is 1. The molecule has 0 saturated heterocycles. The van der Waals surface area contributed by atoms with Crippen LogP contribution >= 0.6 is 11.3 Å². The second-order valence-electron chi connectivity index (χ2n) is 8.01. The average molecular weight is 426 g/mol. The van der Waals surface area contributed by atoms with Crippen LogP contribution in [0.15, 0.2) is 35.4 Å². The van der Waals surface area contributed by atoms with Crippen molar-refractivity contribution < 1.29 is 14.3 Å². The van der Waals surface area contributed by atoms with Gasteiger partial charge in [0.1, 0.15) is 24.1 Å². The van der Waals surface area contributed by atoms with Crippen molar-refractivity contribution >= 4 is 27.5 Å². The molecule has 0 fully saturated rings. The third-order valence-corrected chi connectivity index (χ3v) is 6.85. The van der Waals surface area contributed by atoms with E-state index in [1.807, 2.05) is 24.3 Å². The van der Waals surface area contributed by atoms with E-state index < -0.39 is 0 Å². The lowest BCUT2D eigenvalue weighted by atomic mass is 9.89. The Labute approximate surface area is 177 Å². The highest BCUT2D eigenvalue weighted by molar-refractivity contribution is 7.18. The van der Waals surface area contributed by atoms with E-state index in [9.17, 15) is 9.59 Å². The third kappa shape index (κ3) is 3.56. The number of nitrogens with one attached hydrogen (secondary N) is 1. The molecular formula is C22H23N3O4S. The maximum atomic E-state index is 13.0. The highest BCUT2D eigenvalue weighted by Gasteiger charge is 2.24. The van der Waals surface area contributed by atoms with Gasteiger partial charge >= 0.3 is 0 Å². The lowest BCUT2D eigenvalue weighted by Gasteiger charge is -2.26. The first-order valence-electron chi connectivity index (χ1n) is 10.2. The number of fused-ring (bicyclic) bond motifs is 4. The predicted molar refractivity (Wildman–Crippen MR) is 114 cm³/mol. The molecule has 2 unspecified atom stereocenters. The van der Waals surface area contributed by atoms with Gasteiger partial charge < -0.3 is 14.8 Å². The van der Waals surface area contributed by atoms with Gasteiger partial charge in [-0.25, -0.2) is 4.98 Å². The molecule has 3 aromatic rings. The molecule has 1 aliphatic carbocycles. The number of carbonyl (C=O) groups is 1. The van der Waals surface area contributed by atoms with Gasteiger partial charge in [0, 0.05) is 4.88 Å². The quantitative estimate of drug-likeness (QED) is 0.695. The Kier molecular flexibility index (Phi) is 4.94. The van der Waals surface area contributed by atoms with Gasteiger partial charge in [0.2, 0.25) is 5.91 Å². The number of aromatic nitrogens is 2. The number of benzene rings is 1. The summed E-state index contributed by atoms with van der Waals surface area (Å²) in [6.45, 7) is 2.85. The largest absolute Gasteiger partial charge is 0.486 e. The minimum Gasteiger partial charge on any atom is -0.486 e. The summed E-state index contributed by atoms with van der Waals surface area (Å²) >= 11 is 1.61. The van der Waals surface area contributed by atoms with Crippen molar-refractivity contribution in [1.82, 2.24) is 14.9 Å². The van der Waals surface area contributed by atoms with Gasteiger partial charge in [0.25, 0.3) is 5.56 Å². The Morgan fingerprint density at radius 2 is 2.17 bits per heavy atom. The van der Waals surface area contributed by atoms with Crippen LogP contribution in [0, 0.1) is 5.92 Å². The summed E-state index contributed by atoms with van der Waals surface area (Å²) in [4.78, 5) is 32.0. The van der Waals surface area contributed by atoms with Crippen LogP contribution in [0.3, 0.4) is 0 Å². The van der Waals surface area contributed by atoms with Crippen molar-refractivity contribution in [3.63, 3.8) is 0 Å². The summed E-state index contributed by atoms with van der Waals surface area (Å²) in [5.74, 6) is 1.76. The van der Waals surface area contributed by atoms with Crippen molar-refractivity contribution in [3.8, 4) is 11.5 Å². The van der Waals surface area contributed by atoms with Gasteiger partial charge in [-0.1, -0.05) is 19.1 Å². The Morgan fingerprint density at radius 3 is 3.03 bits per heavy atom. The number of rotatable bonds is 4. The molecule has 0 spiro atoms. The number of hydrogen-bond acceptors (Lipinski definition) is 6. The van der Waals surface area contributed by atoms with Gasteiger partial charge in [-0.2, -0.15) is 0 Å². The maximum Gasteiger partial charge on any atom is 0.262 e. The number of aryl methyl sites for hydroxylation is 1. The first kappa shape index (κ1) is 19.1. The number of amides is 1. The Bertz CT molecular complexity index is 1170. The van der Waals surface area contributed by atoms with Gasteiger partial charge in [0.15, 0.2) is 11.5 Å². The molecule has 0 bridgehead atoms. The van der Waals surface area contributed by atoms with E-state index >= 15 is 0 Å². The van der Waals surface area contributed by atoms with Crippen LogP contribution < -0.4 is 20.3 Å². The molecule has 2 atom stereocenters. The molecule has 8 heteroatoms. The standard InChI is InChI=1S/C22H23N3O4S/c1-13-6-7-15-18(8-13)30-21-20(15)22(27)25(12-24-21)10-19(26)23-9-14-11-28-16-4-2-3-5-17(16)29-14/h2-5,12-14H,6-11H2,1H3,(H,23,26). The Morgan fingerprint density at radius 1 is 1.33 bits per heavy atom. The second kappa shape index (κ2) is 7.75. The molecule has 2 aromatic heterocycles. The van der Waals surface area contributed by atoms with Crippen molar-refractivity contribution in [2.45, 2.75) is 38.8 Å². The SMILES string of the molecule is CC1CCc2c(sc3ncn(CC(=O)NCC4COc5ccccc5O4)c(=O)c23)C1. The number of ether oxygens (including phenoxy) is 2. The fourth-order valence-electron chi connectivity index (χ4n) is 4.08. The van der Waals surface area contributed by atoms with E-state index in [0.29, 0.717) is 36.0 Å². The molecule has 1 amide bonds. The third-order valence-electron chi connectivity index (χ3n) is 5.69. The molecule has 5 rings (SSSR count). The summed E-state index contributed by atoms with van der Waals surface area (Å²) in [6, 6.07) is 7.45. The molecule has 30 heavy (non-hydrogen) atoms. The lowest BCUT2D eigenvalue weighted by Crippen LogP contribution is -2.42. The molecular weight excluding hydrogens is 402 g/mol. The number of para-hydroxylation sites is 2. The summed E-state index contributed by atoms with van der Waals surface area (Å²) in [6.07, 6.45) is 4.20. The summed E-state index contributed by atoms with van der Waals surface area (Å²) in [5, 5.41) is 3.53. The van der Waals surface area contributed by atoms with Gasteiger partial charge in [-0.3, -0.25) is 14.2 Å². The van der Waals surface area contributed by atoms with Crippen LogP contribution in [0.5, 0.6) is 11.5 Å². The fourth-order valence-corrected chi connectivity index (χ4v) is 5.42. The van der Waals surface area contributed by atoms with Crippen LogP contribution in [0.1, 0.15) is 23.8 Å². The minimum atomic E-state index is -0.271. The van der Waals surface area contributed by atoms with Crippen LogP contribution in [-0.4, -0.2) is 34.7 Å². The smallest absolute Gasteiger partial charge is 0.262 e. The Hall–Kier alpha value is -2.87. The van der Waals surface area contributed by atoms with E-state index in [4.69, 9.17) is 9.47 Å². The highest BCUT2D eigenvalue weighted by Crippen LogP contribution is 2.35. The van der Waals surface area contributed by atoms with E-state index in [2.05, 4.69) is 17.2 Å². The fraction of sp³-hybridized carbons (Fsp3) is 0.409. The maximum absolute atomic E-state index is 13.0. The zero-order valence-corrected chi connectivity index (χ0v) is 17.5. The van der Waals surface area contributed by atoms with Crippen molar-refractivity contribution in [2.75, 3.05) is 13.2 Å². The van der Waals surface area contributed by atoms with Crippen LogP contribution in [0.4, 0.5) is 0 Å². The van der Waals surface area contributed by atoms with E-state index in [-0.39, 0.29) is 24.1 Å². The molecule has 1 aliphatic heterocycles. The lowest BCUT2D eigenvalue weighted by molar-refractivity contribution is -0.122. The predicted octanol–water partition coefficient (Wildman–Crippen LogP) is 2.54. The molecule has 1 aromatic carbocycles. The zero-order chi connectivity index (χ0) is 20.7. The van der Waals surface area contributed by atoms with E-state index in [1.54, 1.807) is 11.3 Å². The summed E-state index contributed by atoms with van der Waals surface area (Å²) < 4.78 is 12.9. The molecule has 156 valence electrons. The molecule has 1 N–H and O–H groups in total. The number of nitrogens with zero attached hydrogens (tertiary/aromatic N) is 2. The normalized spacial score (nSPS) is 20.0. The van der Waals surface area contributed by atoms with Crippen LogP contribution in [-0.2, 0) is 24.2 Å².